The minimum absolute atomic E-state index is 0.0290. The van der Waals surface area contributed by atoms with Crippen molar-refractivity contribution >= 4 is 34.4 Å². The summed E-state index contributed by atoms with van der Waals surface area (Å²) >= 11 is 1.59. The van der Waals surface area contributed by atoms with E-state index in [1.54, 1.807) is 20.8 Å². The summed E-state index contributed by atoms with van der Waals surface area (Å²) in [7, 11) is 0. The van der Waals surface area contributed by atoms with E-state index in [1.807, 2.05) is 29.0 Å². The van der Waals surface area contributed by atoms with Gasteiger partial charge in [0.05, 0.1) is 4.92 Å². The number of carbonyl (C=O) groups excluding carboxylic acids is 1. The van der Waals surface area contributed by atoms with Crippen molar-refractivity contribution in [1.82, 2.24) is 24.7 Å². The molecule has 1 fully saturated rings. The number of fused-ring (bicyclic) bond motifs is 1. The maximum absolute atomic E-state index is 12.7. The van der Waals surface area contributed by atoms with Crippen LogP contribution in [0.25, 0.3) is 17.0 Å². The number of aromatic nitrogens is 4. The van der Waals surface area contributed by atoms with Crippen LogP contribution in [0.4, 0.5) is 11.5 Å². The van der Waals surface area contributed by atoms with Gasteiger partial charge in [0, 0.05) is 54.8 Å². The third-order valence-electron chi connectivity index (χ3n) is 5.24. The summed E-state index contributed by atoms with van der Waals surface area (Å²) in [6.45, 7) is 2.34. The molecule has 0 spiro atoms. The lowest BCUT2D eigenvalue weighted by atomic mass is 10.1. The van der Waals surface area contributed by atoms with Gasteiger partial charge >= 0.3 is 0 Å². The SMILES string of the molecule is O=C(c1ccc([N+](=O)[O-])cc1)N1CCN(c2ccc3nnc(-c4ccsc4)n3n2)CC1. The molecule has 11 heteroatoms. The fourth-order valence-electron chi connectivity index (χ4n) is 3.57. The summed E-state index contributed by atoms with van der Waals surface area (Å²) in [4.78, 5) is 26.9. The van der Waals surface area contributed by atoms with Crippen molar-refractivity contribution in [2.75, 3.05) is 31.1 Å². The normalized spacial score (nSPS) is 14.2. The van der Waals surface area contributed by atoms with Gasteiger partial charge in [-0.15, -0.1) is 15.3 Å². The summed E-state index contributed by atoms with van der Waals surface area (Å²) in [6, 6.07) is 11.5. The molecule has 156 valence electrons. The van der Waals surface area contributed by atoms with Crippen LogP contribution >= 0.6 is 11.3 Å². The fraction of sp³-hybridized carbons (Fsp3) is 0.200. The second-order valence-electron chi connectivity index (χ2n) is 7.08. The molecule has 4 heterocycles. The molecule has 5 rings (SSSR count). The zero-order valence-electron chi connectivity index (χ0n) is 16.3. The molecular weight excluding hydrogens is 418 g/mol. The smallest absolute Gasteiger partial charge is 0.269 e. The van der Waals surface area contributed by atoms with Crippen molar-refractivity contribution in [3.05, 3.63) is 68.9 Å². The number of thiophene rings is 1. The Bertz CT molecular complexity index is 1250. The Kier molecular flexibility index (Phi) is 4.79. The molecule has 1 saturated heterocycles. The predicted molar refractivity (Wildman–Crippen MR) is 115 cm³/mol. The van der Waals surface area contributed by atoms with E-state index in [-0.39, 0.29) is 11.6 Å². The third-order valence-corrected chi connectivity index (χ3v) is 5.93. The number of benzene rings is 1. The van der Waals surface area contributed by atoms with Crippen molar-refractivity contribution in [3.8, 4) is 11.4 Å². The van der Waals surface area contributed by atoms with Crippen LogP contribution in [-0.2, 0) is 0 Å². The van der Waals surface area contributed by atoms with Gasteiger partial charge in [0.1, 0.15) is 5.82 Å². The first-order chi connectivity index (χ1) is 15.1. The molecule has 1 aliphatic heterocycles. The summed E-state index contributed by atoms with van der Waals surface area (Å²) in [5.74, 6) is 1.37. The number of nitrogens with zero attached hydrogens (tertiary/aromatic N) is 7. The minimum Gasteiger partial charge on any atom is -0.352 e. The van der Waals surface area contributed by atoms with E-state index in [2.05, 4.69) is 15.1 Å². The number of hydrogen-bond acceptors (Lipinski definition) is 8. The number of amides is 1. The van der Waals surface area contributed by atoms with Crippen LogP contribution < -0.4 is 4.90 Å². The number of rotatable bonds is 4. The molecule has 0 bridgehead atoms. The second-order valence-corrected chi connectivity index (χ2v) is 7.86. The Morgan fingerprint density at radius 2 is 1.77 bits per heavy atom. The molecule has 0 radical (unpaired) electrons. The van der Waals surface area contributed by atoms with Gasteiger partial charge in [-0.25, -0.2) is 0 Å². The summed E-state index contributed by atoms with van der Waals surface area (Å²) in [5.41, 5.74) is 2.07. The van der Waals surface area contributed by atoms with Crippen LogP contribution in [0.1, 0.15) is 10.4 Å². The molecule has 10 nitrogen and oxygen atoms in total. The molecule has 3 aromatic heterocycles. The highest BCUT2D eigenvalue weighted by atomic mass is 32.1. The Morgan fingerprint density at radius 1 is 1.00 bits per heavy atom. The quantitative estimate of drug-likeness (QED) is 0.358. The first-order valence-electron chi connectivity index (χ1n) is 9.64. The number of non-ortho nitro benzene ring substituents is 1. The number of carbonyl (C=O) groups is 1. The van der Waals surface area contributed by atoms with Crippen molar-refractivity contribution in [1.29, 1.82) is 0 Å². The monoisotopic (exact) mass is 435 g/mol. The molecule has 0 N–H and O–H groups in total. The van der Waals surface area contributed by atoms with E-state index < -0.39 is 4.92 Å². The summed E-state index contributed by atoms with van der Waals surface area (Å²) in [6.07, 6.45) is 0. The van der Waals surface area contributed by atoms with Crippen LogP contribution in [-0.4, -0.2) is 61.7 Å². The van der Waals surface area contributed by atoms with Gasteiger partial charge in [-0.05, 0) is 35.7 Å². The Balaban J connectivity index is 1.30. The summed E-state index contributed by atoms with van der Waals surface area (Å²) < 4.78 is 1.74. The average Bonchev–Trinajstić information content (AvgIpc) is 3.48. The van der Waals surface area contributed by atoms with Crippen LogP contribution in [0.5, 0.6) is 0 Å². The molecule has 0 unspecified atom stereocenters. The second kappa shape index (κ2) is 7.76. The van der Waals surface area contributed by atoms with Crippen LogP contribution in [0.15, 0.2) is 53.2 Å². The topological polar surface area (TPSA) is 110 Å². The van der Waals surface area contributed by atoms with E-state index >= 15 is 0 Å². The molecule has 31 heavy (non-hydrogen) atoms. The Morgan fingerprint density at radius 3 is 2.45 bits per heavy atom. The van der Waals surface area contributed by atoms with Crippen LogP contribution in [0, 0.1) is 10.1 Å². The molecule has 0 aliphatic carbocycles. The highest BCUT2D eigenvalue weighted by Crippen LogP contribution is 2.22. The maximum Gasteiger partial charge on any atom is 0.269 e. The van der Waals surface area contributed by atoms with Crippen molar-refractivity contribution in [2.24, 2.45) is 0 Å². The summed E-state index contributed by atoms with van der Waals surface area (Å²) in [5, 5.41) is 28.0. The molecule has 0 atom stereocenters. The lowest BCUT2D eigenvalue weighted by molar-refractivity contribution is -0.384. The zero-order chi connectivity index (χ0) is 21.4. The molecule has 0 saturated carbocycles. The molecule has 1 amide bonds. The van der Waals surface area contributed by atoms with Gasteiger partial charge in [0.25, 0.3) is 11.6 Å². The van der Waals surface area contributed by atoms with Gasteiger partial charge in [0.15, 0.2) is 11.5 Å². The Labute approximate surface area is 180 Å². The largest absolute Gasteiger partial charge is 0.352 e. The van der Waals surface area contributed by atoms with E-state index in [4.69, 9.17) is 5.10 Å². The van der Waals surface area contributed by atoms with Gasteiger partial charge in [-0.1, -0.05) is 0 Å². The van der Waals surface area contributed by atoms with Crippen molar-refractivity contribution in [3.63, 3.8) is 0 Å². The van der Waals surface area contributed by atoms with Crippen molar-refractivity contribution in [2.45, 2.75) is 0 Å². The van der Waals surface area contributed by atoms with Gasteiger partial charge in [-0.2, -0.15) is 15.9 Å². The highest BCUT2D eigenvalue weighted by molar-refractivity contribution is 7.08. The third kappa shape index (κ3) is 3.59. The first kappa shape index (κ1) is 19.1. The van der Waals surface area contributed by atoms with Crippen LogP contribution in [0.3, 0.4) is 0 Å². The fourth-order valence-corrected chi connectivity index (χ4v) is 4.20. The average molecular weight is 435 g/mol. The molecule has 1 aromatic carbocycles. The van der Waals surface area contributed by atoms with E-state index in [1.165, 1.54) is 24.3 Å². The van der Waals surface area contributed by atoms with Gasteiger partial charge < -0.3 is 9.80 Å². The highest BCUT2D eigenvalue weighted by Gasteiger charge is 2.24. The number of anilines is 1. The zero-order valence-corrected chi connectivity index (χ0v) is 17.1. The standard InChI is InChI=1S/C20H17N7O3S/c28-20(14-1-3-16(4-2-14)27(29)30)25-10-8-24(9-11-25)18-6-5-17-21-22-19(26(17)23-18)15-7-12-31-13-15/h1-7,12-13H,8-11H2. The van der Waals surface area contributed by atoms with Gasteiger partial charge in [-0.3, -0.25) is 14.9 Å². The maximum atomic E-state index is 12.7. The van der Waals surface area contributed by atoms with E-state index in [0.29, 0.717) is 43.2 Å². The van der Waals surface area contributed by atoms with Gasteiger partial charge in [0.2, 0.25) is 0 Å². The predicted octanol–water partition coefficient (Wildman–Crippen LogP) is 2.72. The molecular formula is C20H17N7O3S. The number of nitro benzene ring substituents is 1. The van der Waals surface area contributed by atoms with Crippen molar-refractivity contribution < 1.29 is 9.72 Å². The minimum atomic E-state index is -0.476. The van der Waals surface area contributed by atoms with E-state index in [9.17, 15) is 14.9 Å². The van der Waals surface area contributed by atoms with Crippen LogP contribution in [0.2, 0.25) is 0 Å². The lowest BCUT2D eigenvalue weighted by Crippen LogP contribution is -2.49. The number of nitro groups is 1. The number of hydrogen-bond donors (Lipinski definition) is 0. The lowest BCUT2D eigenvalue weighted by Gasteiger charge is -2.35. The van der Waals surface area contributed by atoms with E-state index in [0.717, 1.165) is 11.4 Å². The first-order valence-corrected chi connectivity index (χ1v) is 10.6. The molecule has 1 aliphatic rings. The Hall–Kier alpha value is -3.86. The molecule has 4 aromatic rings. The number of piperazine rings is 1.